The average molecular weight is 491 g/mol. The van der Waals surface area contributed by atoms with Gasteiger partial charge in [0.15, 0.2) is 0 Å². The normalized spacial score (nSPS) is 17.6. The lowest BCUT2D eigenvalue weighted by atomic mass is 9.85. The van der Waals surface area contributed by atoms with Crippen LogP contribution in [-0.4, -0.2) is 59.4 Å². The largest absolute Gasteiger partial charge is 0.507 e. The van der Waals surface area contributed by atoms with Gasteiger partial charge in [-0.2, -0.15) is 0 Å². The number of benzene rings is 2. The van der Waals surface area contributed by atoms with Gasteiger partial charge >= 0.3 is 0 Å². The Labute approximate surface area is 214 Å². The van der Waals surface area contributed by atoms with E-state index in [1.807, 2.05) is 24.3 Å². The Morgan fingerprint density at radius 1 is 1.06 bits per heavy atom. The Morgan fingerprint density at radius 2 is 1.67 bits per heavy atom. The maximum absolute atomic E-state index is 13.3. The zero-order chi connectivity index (χ0) is 26.5. The smallest absolute Gasteiger partial charge is 0.295 e. The third-order valence-corrected chi connectivity index (χ3v) is 6.68. The molecule has 1 aliphatic rings. The summed E-state index contributed by atoms with van der Waals surface area (Å²) in [5.41, 5.74) is 2.50. The van der Waals surface area contributed by atoms with E-state index >= 15 is 0 Å². The molecule has 1 atom stereocenters. The number of aliphatic hydroxyl groups excluding tert-OH is 1. The molecule has 36 heavy (non-hydrogen) atoms. The summed E-state index contributed by atoms with van der Waals surface area (Å²) < 4.78 is 5.53. The van der Waals surface area contributed by atoms with Gasteiger partial charge in [0.2, 0.25) is 0 Å². The van der Waals surface area contributed by atoms with Crippen LogP contribution >= 0.6 is 0 Å². The minimum Gasteiger partial charge on any atom is -0.507 e. The second kappa shape index (κ2) is 11.6. The predicted octanol–water partition coefficient (Wildman–Crippen LogP) is 5.31. The first kappa shape index (κ1) is 27.2. The molecule has 1 saturated heterocycles. The van der Waals surface area contributed by atoms with Gasteiger partial charge in [0, 0.05) is 18.7 Å². The molecule has 1 aliphatic heterocycles. The van der Waals surface area contributed by atoms with Crippen LogP contribution in [0.25, 0.3) is 5.76 Å². The van der Waals surface area contributed by atoms with E-state index in [1.165, 1.54) is 0 Å². The number of likely N-dealkylation sites (N-methyl/N-ethyl adjacent to an activating group) is 1. The number of nitrogens with zero attached hydrogens (tertiary/aromatic N) is 2. The van der Waals surface area contributed by atoms with Crippen LogP contribution in [0.2, 0.25) is 0 Å². The molecule has 1 unspecified atom stereocenters. The third-order valence-electron chi connectivity index (χ3n) is 6.68. The first-order valence-electron chi connectivity index (χ1n) is 12.6. The number of Topliss-reactive ketones (excluding diaryl/α,β-unsaturated/α-hetero) is 1. The SMILES string of the molecule is C=CCOc1ccc(/C(O)=C2\C(=O)C(=O)N(CCN(CC)CC)C2c2ccc(C(C)(C)C)cc2)cc1. The fourth-order valence-corrected chi connectivity index (χ4v) is 4.43. The standard InChI is InChI=1S/C30H38N2O4/c1-7-20-36-24-16-12-22(13-17-24)27(33)25-26(21-10-14-23(15-11-21)30(4,5)6)32(29(35)28(25)34)19-18-31(8-2)9-3/h7,10-17,26,33H,1,8-9,18-20H2,2-6H3/b27-25+. The second-order valence-electron chi connectivity index (χ2n) is 10.0. The summed E-state index contributed by atoms with van der Waals surface area (Å²) in [6.07, 6.45) is 1.65. The van der Waals surface area contributed by atoms with E-state index < -0.39 is 17.7 Å². The van der Waals surface area contributed by atoms with Crippen LogP contribution in [-0.2, 0) is 15.0 Å². The highest BCUT2D eigenvalue weighted by molar-refractivity contribution is 6.46. The van der Waals surface area contributed by atoms with Crippen molar-refractivity contribution in [1.82, 2.24) is 9.80 Å². The Balaban J connectivity index is 2.06. The van der Waals surface area contributed by atoms with Crippen LogP contribution in [0.4, 0.5) is 0 Å². The Kier molecular flexibility index (Phi) is 8.75. The van der Waals surface area contributed by atoms with Crippen molar-refractivity contribution in [2.45, 2.75) is 46.1 Å². The van der Waals surface area contributed by atoms with Crippen LogP contribution in [0, 0.1) is 0 Å². The summed E-state index contributed by atoms with van der Waals surface area (Å²) in [5, 5.41) is 11.3. The van der Waals surface area contributed by atoms with Crippen LogP contribution in [0.3, 0.4) is 0 Å². The first-order valence-corrected chi connectivity index (χ1v) is 12.6. The Hall–Kier alpha value is -3.38. The summed E-state index contributed by atoms with van der Waals surface area (Å²) in [4.78, 5) is 30.3. The minimum absolute atomic E-state index is 0.0293. The minimum atomic E-state index is -0.663. The van der Waals surface area contributed by atoms with Crippen LogP contribution in [0.1, 0.15) is 57.4 Å². The molecule has 3 rings (SSSR count). The molecule has 1 fully saturated rings. The molecule has 0 aliphatic carbocycles. The monoisotopic (exact) mass is 490 g/mol. The average Bonchev–Trinajstić information content (AvgIpc) is 3.12. The van der Waals surface area contributed by atoms with Crippen LogP contribution in [0.5, 0.6) is 5.75 Å². The highest BCUT2D eigenvalue weighted by Crippen LogP contribution is 2.40. The number of likely N-dealkylation sites (tertiary alicyclic amines) is 1. The van der Waals surface area contributed by atoms with Crippen molar-refractivity contribution in [2.75, 3.05) is 32.8 Å². The molecule has 6 nitrogen and oxygen atoms in total. The highest BCUT2D eigenvalue weighted by Gasteiger charge is 2.46. The molecule has 0 spiro atoms. The zero-order valence-electron chi connectivity index (χ0n) is 22.1. The van der Waals surface area contributed by atoms with Gasteiger partial charge in [0.05, 0.1) is 11.6 Å². The van der Waals surface area contributed by atoms with Gasteiger partial charge in [-0.05, 0) is 53.9 Å². The summed E-state index contributed by atoms with van der Waals surface area (Å²) in [6, 6.07) is 14.2. The molecular formula is C30H38N2O4. The number of ether oxygens (including phenoxy) is 1. The van der Waals surface area contributed by atoms with Crippen molar-refractivity contribution in [3.63, 3.8) is 0 Å². The number of amides is 1. The maximum Gasteiger partial charge on any atom is 0.295 e. The molecule has 0 bridgehead atoms. The number of hydrogen-bond acceptors (Lipinski definition) is 5. The molecule has 1 amide bonds. The Morgan fingerprint density at radius 3 is 2.19 bits per heavy atom. The van der Waals surface area contributed by atoms with Crippen molar-refractivity contribution in [3.8, 4) is 5.75 Å². The van der Waals surface area contributed by atoms with E-state index in [9.17, 15) is 14.7 Å². The summed E-state index contributed by atoms with van der Waals surface area (Å²) in [5.74, 6) is -0.803. The number of carbonyl (C=O) groups excluding carboxylic acids is 2. The zero-order valence-corrected chi connectivity index (χ0v) is 22.1. The van der Waals surface area contributed by atoms with Gasteiger partial charge in [-0.3, -0.25) is 9.59 Å². The lowest BCUT2D eigenvalue weighted by Gasteiger charge is -2.28. The fraction of sp³-hybridized carbons (Fsp3) is 0.400. The number of aliphatic hydroxyl groups is 1. The van der Waals surface area contributed by atoms with Gasteiger partial charge in [-0.25, -0.2) is 0 Å². The van der Waals surface area contributed by atoms with Crippen molar-refractivity contribution in [2.24, 2.45) is 0 Å². The lowest BCUT2D eigenvalue weighted by Crippen LogP contribution is -2.38. The second-order valence-corrected chi connectivity index (χ2v) is 10.0. The number of ketones is 1. The predicted molar refractivity (Wildman–Crippen MR) is 144 cm³/mol. The van der Waals surface area contributed by atoms with Crippen molar-refractivity contribution < 1.29 is 19.4 Å². The number of rotatable bonds is 10. The summed E-state index contributed by atoms with van der Waals surface area (Å²) in [6.45, 7) is 17.3. The van der Waals surface area contributed by atoms with E-state index in [-0.39, 0.29) is 16.7 Å². The third kappa shape index (κ3) is 5.88. The van der Waals surface area contributed by atoms with E-state index in [0.717, 1.165) is 24.2 Å². The van der Waals surface area contributed by atoms with Crippen molar-refractivity contribution in [3.05, 3.63) is 83.4 Å². The van der Waals surface area contributed by atoms with Crippen molar-refractivity contribution in [1.29, 1.82) is 0 Å². The molecule has 0 aromatic heterocycles. The van der Waals surface area contributed by atoms with Crippen molar-refractivity contribution >= 4 is 17.4 Å². The molecule has 192 valence electrons. The van der Waals surface area contributed by atoms with Gasteiger partial charge in [-0.1, -0.05) is 71.5 Å². The molecule has 1 heterocycles. The van der Waals surface area contributed by atoms with E-state index in [4.69, 9.17) is 4.74 Å². The highest BCUT2D eigenvalue weighted by atomic mass is 16.5. The number of carbonyl (C=O) groups is 2. The quantitative estimate of drug-likeness (QED) is 0.211. The lowest BCUT2D eigenvalue weighted by molar-refractivity contribution is -0.140. The van der Waals surface area contributed by atoms with Gasteiger partial charge in [0.25, 0.3) is 11.7 Å². The molecule has 2 aromatic carbocycles. The topological polar surface area (TPSA) is 70.1 Å². The van der Waals surface area contributed by atoms with Gasteiger partial charge < -0.3 is 19.6 Å². The molecule has 2 aromatic rings. The first-order chi connectivity index (χ1) is 17.1. The molecule has 6 heteroatoms. The van der Waals surface area contributed by atoms with Gasteiger partial charge in [-0.15, -0.1) is 0 Å². The maximum atomic E-state index is 13.3. The van der Waals surface area contributed by atoms with E-state index in [1.54, 1.807) is 35.2 Å². The van der Waals surface area contributed by atoms with Crippen LogP contribution in [0.15, 0.2) is 66.8 Å². The molecular weight excluding hydrogens is 452 g/mol. The van der Waals surface area contributed by atoms with Crippen LogP contribution < -0.4 is 4.74 Å². The summed E-state index contributed by atoms with van der Waals surface area (Å²) in [7, 11) is 0. The van der Waals surface area contributed by atoms with E-state index in [2.05, 4.69) is 46.1 Å². The fourth-order valence-electron chi connectivity index (χ4n) is 4.43. The summed E-state index contributed by atoms with van der Waals surface area (Å²) >= 11 is 0. The van der Waals surface area contributed by atoms with Gasteiger partial charge in [0.1, 0.15) is 18.1 Å². The Bertz CT molecular complexity index is 1110. The number of hydrogen-bond donors (Lipinski definition) is 1. The molecule has 0 radical (unpaired) electrons. The van der Waals surface area contributed by atoms with E-state index in [0.29, 0.717) is 31.0 Å². The molecule has 0 saturated carbocycles. The molecule has 1 N–H and O–H groups in total.